The number of halogens is 1. The molecule has 0 amide bonds. The second kappa shape index (κ2) is 4.04. The Morgan fingerprint density at radius 1 is 1.54 bits per heavy atom. The van der Waals surface area contributed by atoms with Gasteiger partial charge in [0.2, 0.25) is 0 Å². The van der Waals surface area contributed by atoms with Crippen molar-refractivity contribution in [1.82, 2.24) is 4.98 Å². The fraction of sp³-hybridized carbons (Fsp3) is 0.286. The molecule has 0 aliphatic rings. The van der Waals surface area contributed by atoms with Gasteiger partial charge in [-0.25, -0.2) is 0 Å². The predicted octanol–water partition coefficient (Wildman–Crippen LogP) is 1.21. The van der Waals surface area contributed by atoms with Crippen LogP contribution < -0.4 is 0 Å². The maximum absolute atomic E-state index is 10.6. The SMILES string of the molecule is CS(=O)(=O)OCc1cncc(Cl)c1. The molecule has 1 aromatic heterocycles. The van der Waals surface area contributed by atoms with Crippen molar-refractivity contribution < 1.29 is 12.6 Å². The van der Waals surface area contributed by atoms with Crippen LogP contribution in [0.3, 0.4) is 0 Å². The zero-order valence-electron chi connectivity index (χ0n) is 6.90. The molecular formula is C7H8ClNO3S. The van der Waals surface area contributed by atoms with Gasteiger partial charge in [-0.15, -0.1) is 0 Å². The van der Waals surface area contributed by atoms with Crippen LogP contribution in [-0.2, 0) is 20.9 Å². The number of hydrogen-bond acceptors (Lipinski definition) is 4. The monoisotopic (exact) mass is 221 g/mol. The largest absolute Gasteiger partial charge is 0.265 e. The van der Waals surface area contributed by atoms with Crippen molar-refractivity contribution in [3.8, 4) is 0 Å². The maximum atomic E-state index is 10.6. The highest BCUT2D eigenvalue weighted by atomic mass is 35.5. The van der Waals surface area contributed by atoms with Gasteiger partial charge in [-0.3, -0.25) is 9.17 Å². The number of pyridine rings is 1. The van der Waals surface area contributed by atoms with E-state index in [1.807, 2.05) is 0 Å². The first-order chi connectivity index (χ1) is 5.97. The average molecular weight is 222 g/mol. The van der Waals surface area contributed by atoms with Crippen molar-refractivity contribution in [3.63, 3.8) is 0 Å². The Morgan fingerprint density at radius 2 is 2.23 bits per heavy atom. The Morgan fingerprint density at radius 3 is 2.77 bits per heavy atom. The summed E-state index contributed by atoms with van der Waals surface area (Å²) in [6.45, 7) is -0.0353. The molecule has 0 aliphatic heterocycles. The molecule has 0 bridgehead atoms. The minimum Gasteiger partial charge on any atom is -0.265 e. The molecule has 0 spiro atoms. The molecule has 0 unspecified atom stereocenters. The molecule has 0 aliphatic carbocycles. The highest BCUT2D eigenvalue weighted by Gasteiger charge is 2.02. The maximum Gasteiger partial charge on any atom is 0.264 e. The van der Waals surface area contributed by atoms with E-state index in [9.17, 15) is 8.42 Å². The van der Waals surface area contributed by atoms with Gasteiger partial charge < -0.3 is 0 Å². The minimum absolute atomic E-state index is 0.0353. The molecular weight excluding hydrogens is 214 g/mol. The Labute approximate surface area is 81.6 Å². The van der Waals surface area contributed by atoms with Crippen LogP contribution in [0.25, 0.3) is 0 Å². The third kappa shape index (κ3) is 4.21. The average Bonchev–Trinajstić information content (AvgIpc) is 2.00. The van der Waals surface area contributed by atoms with Gasteiger partial charge in [0.25, 0.3) is 10.1 Å². The Bertz CT molecular complexity index is 390. The van der Waals surface area contributed by atoms with E-state index in [4.69, 9.17) is 11.6 Å². The molecule has 0 radical (unpaired) electrons. The molecule has 0 saturated carbocycles. The summed E-state index contributed by atoms with van der Waals surface area (Å²) in [4.78, 5) is 3.78. The van der Waals surface area contributed by atoms with E-state index in [2.05, 4.69) is 9.17 Å². The molecule has 72 valence electrons. The van der Waals surface area contributed by atoms with Crippen LogP contribution in [0.2, 0.25) is 5.02 Å². The van der Waals surface area contributed by atoms with Gasteiger partial charge in [0, 0.05) is 12.4 Å². The van der Waals surface area contributed by atoms with E-state index in [0.717, 1.165) is 6.26 Å². The Balaban J connectivity index is 2.65. The summed E-state index contributed by atoms with van der Waals surface area (Å²) < 4.78 is 25.8. The number of rotatable bonds is 3. The molecule has 1 aromatic rings. The zero-order chi connectivity index (χ0) is 9.90. The first-order valence-corrected chi connectivity index (χ1v) is 5.61. The lowest BCUT2D eigenvalue weighted by Crippen LogP contribution is -2.02. The van der Waals surface area contributed by atoms with Crippen LogP contribution in [0.5, 0.6) is 0 Å². The van der Waals surface area contributed by atoms with Gasteiger partial charge in [0.15, 0.2) is 0 Å². The smallest absolute Gasteiger partial charge is 0.264 e. The molecule has 1 heterocycles. The third-order valence-electron chi connectivity index (χ3n) is 1.20. The topological polar surface area (TPSA) is 56.3 Å². The van der Waals surface area contributed by atoms with Gasteiger partial charge >= 0.3 is 0 Å². The van der Waals surface area contributed by atoms with Crippen molar-refractivity contribution in [2.75, 3.05) is 6.26 Å². The molecule has 0 saturated heterocycles. The van der Waals surface area contributed by atoms with Crippen molar-refractivity contribution in [3.05, 3.63) is 29.0 Å². The molecule has 13 heavy (non-hydrogen) atoms. The van der Waals surface area contributed by atoms with Crippen LogP contribution in [0.1, 0.15) is 5.56 Å². The van der Waals surface area contributed by atoms with Crippen molar-refractivity contribution in [1.29, 1.82) is 0 Å². The first-order valence-electron chi connectivity index (χ1n) is 3.41. The molecule has 0 aromatic carbocycles. The van der Waals surface area contributed by atoms with E-state index in [-0.39, 0.29) is 6.61 Å². The highest BCUT2D eigenvalue weighted by molar-refractivity contribution is 7.85. The lowest BCUT2D eigenvalue weighted by molar-refractivity contribution is 0.311. The lowest BCUT2D eigenvalue weighted by Gasteiger charge is -2.00. The number of nitrogens with zero attached hydrogens (tertiary/aromatic N) is 1. The summed E-state index contributed by atoms with van der Waals surface area (Å²) >= 11 is 5.63. The van der Waals surface area contributed by atoms with E-state index >= 15 is 0 Å². The molecule has 6 heteroatoms. The number of aromatic nitrogens is 1. The summed E-state index contributed by atoms with van der Waals surface area (Å²) in [6, 6.07) is 1.60. The molecule has 0 fully saturated rings. The van der Waals surface area contributed by atoms with E-state index in [1.54, 1.807) is 6.07 Å². The van der Waals surface area contributed by atoms with Crippen molar-refractivity contribution >= 4 is 21.7 Å². The van der Waals surface area contributed by atoms with Crippen molar-refractivity contribution in [2.24, 2.45) is 0 Å². The van der Waals surface area contributed by atoms with E-state index < -0.39 is 10.1 Å². The number of hydrogen-bond donors (Lipinski definition) is 0. The first kappa shape index (κ1) is 10.4. The summed E-state index contributed by atoms with van der Waals surface area (Å²) in [5.74, 6) is 0. The Hall–Kier alpha value is -0.650. The summed E-state index contributed by atoms with van der Waals surface area (Å²) in [5.41, 5.74) is 0.623. The summed E-state index contributed by atoms with van der Waals surface area (Å²) in [7, 11) is -3.41. The minimum atomic E-state index is -3.41. The van der Waals surface area contributed by atoms with Gasteiger partial charge in [-0.2, -0.15) is 8.42 Å². The second-order valence-corrected chi connectivity index (χ2v) is 4.56. The predicted molar refractivity (Wildman–Crippen MR) is 48.9 cm³/mol. The molecule has 0 N–H and O–H groups in total. The fourth-order valence-corrected chi connectivity index (χ4v) is 1.26. The second-order valence-electron chi connectivity index (χ2n) is 2.48. The molecule has 1 rings (SSSR count). The van der Waals surface area contributed by atoms with Gasteiger partial charge in [-0.05, 0) is 11.6 Å². The highest BCUT2D eigenvalue weighted by Crippen LogP contribution is 2.09. The van der Waals surface area contributed by atoms with Crippen LogP contribution in [0.4, 0.5) is 0 Å². The van der Waals surface area contributed by atoms with E-state index in [0.29, 0.717) is 10.6 Å². The van der Waals surface area contributed by atoms with Gasteiger partial charge in [0.05, 0.1) is 17.9 Å². The van der Waals surface area contributed by atoms with Crippen LogP contribution >= 0.6 is 11.6 Å². The van der Waals surface area contributed by atoms with Gasteiger partial charge in [-0.1, -0.05) is 11.6 Å². The van der Waals surface area contributed by atoms with E-state index in [1.165, 1.54) is 12.4 Å². The van der Waals surface area contributed by atoms with Gasteiger partial charge in [0.1, 0.15) is 0 Å². The molecule has 4 nitrogen and oxygen atoms in total. The molecule has 0 atom stereocenters. The third-order valence-corrected chi connectivity index (χ3v) is 1.95. The standard InChI is InChI=1S/C7H8ClNO3S/c1-13(10,11)12-5-6-2-7(8)4-9-3-6/h2-4H,5H2,1H3. The Kier molecular flexibility index (Phi) is 3.24. The van der Waals surface area contributed by atoms with Crippen LogP contribution in [0.15, 0.2) is 18.5 Å². The summed E-state index contributed by atoms with van der Waals surface area (Å²) in [6.07, 6.45) is 3.95. The quantitative estimate of drug-likeness (QED) is 0.720. The summed E-state index contributed by atoms with van der Waals surface area (Å²) in [5, 5.41) is 0.453. The van der Waals surface area contributed by atoms with Crippen LogP contribution in [-0.4, -0.2) is 19.7 Å². The van der Waals surface area contributed by atoms with Crippen molar-refractivity contribution in [2.45, 2.75) is 6.61 Å². The van der Waals surface area contributed by atoms with Crippen LogP contribution in [0, 0.1) is 0 Å². The zero-order valence-corrected chi connectivity index (χ0v) is 8.47. The normalized spacial score (nSPS) is 11.5. The fourth-order valence-electron chi connectivity index (χ4n) is 0.710. The lowest BCUT2D eigenvalue weighted by atomic mass is 10.3.